The van der Waals surface area contributed by atoms with Crippen LogP contribution in [0.25, 0.3) is 0 Å². The quantitative estimate of drug-likeness (QED) is 0.663. The number of aromatic nitrogens is 2. The molecule has 0 spiro atoms. The lowest BCUT2D eigenvalue weighted by Crippen LogP contribution is -2.12. The number of hydrogen-bond acceptors (Lipinski definition) is 7. The van der Waals surface area contributed by atoms with Gasteiger partial charge in [0.1, 0.15) is 5.56 Å². The zero-order valence-electron chi connectivity index (χ0n) is 15.1. The summed E-state index contributed by atoms with van der Waals surface area (Å²) < 4.78 is 53.7. The first-order chi connectivity index (χ1) is 11.8. The Balaban J connectivity index is 2.71. The maximum atomic E-state index is 13.1. The van der Waals surface area contributed by atoms with Gasteiger partial charge in [-0.1, -0.05) is 0 Å². The lowest BCUT2D eigenvalue weighted by atomic mass is 9.99. The molecule has 0 amide bonds. The van der Waals surface area contributed by atoms with Crippen LogP contribution in [0.1, 0.15) is 27.2 Å². The molecule has 0 unspecified atom stereocenters. The molecule has 0 aliphatic rings. The molecular weight excluding hydrogens is 380 g/mol. The molecular formula is C16H20N2O6S2. The van der Waals surface area contributed by atoms with Crippen molar-refractivity contribution in [1.82, 2.24) is 9.78 Å². The van der Waals surface area contributed by atoms with Crippen molar-refractivity contribution in [2.75, 3.05) is 19.6 Å². The zero-order chi connectivity index (χ0) is 19.9. The molecule has 1 aromatic heterocycles. The second-order valence-electron chi connectivity index (χ2n) is 6.08. The fourth-order valence-electron chi connectivity index (χ4n) is 2.69. The van der Waals surface area contributed by atoms with Crippen LogP contribution in [0.2, 0.25) is 0 Å². The van der Waals surface area contributed by atoms with Crippen molar-refractivity contribution in [2.45, 2.75) is 17.6 Å². The first-order valence-corrected chi connectivity index (χ1v) is 11.4. The van der Waals surface area contributed by atoms with Crippen molar-refractivity contribution in [3.63, 3.8) is 0 Å². The van der Waals surface area contributed by atoms with Crippen LogP contribution in [-0.4, -0.2) is 52.0 Å². The van der Waals surface area contributed by atoms with Gasteiger partial charge in [0.15, 0.2) is 19.7 Å². The SMILES string of the molecule is COc1c(C(=O)c2ccc(S(C)(=O)=O)cc2CS(C)(=O)=O)c(C)nn1C. The normalized spacial score (nSPS) is 12.2. The molecule has 10 heteroatoms. The molecule has 0 bridgehead atoms. The summed E-state index contributed by atoms with van der Waals surface area (Å²) in [5.41, 5.74) is 0.839. The number of benzene rings is 1. The fraction of sp³-hybridized carbons (Fsp3) is 0.375. The summed E-state index contributed by atoms with van der Waals surface area (Å²) in [6.07, 6.45) is 2.03. The molecule has 0 N–H and O–H groups in total. The Labute approximate surface area is 152 Å². The molecule has 1 aromatic carbocycles. The van der Waals surface area contributed by atoms with Crippen LogP contribution in [0.3, 0.4) is 0 Å². The van der Waals surface area contributed by atoms with Crippen LogP contribution in [0, 0.1) is 6.92 Å². The highest BCUT2D eigenvalue weighted by Crippen LogP contribution is 2.27. The first kappa shape index (κ1) is 20.1. The Kier molecular flexibility index (Phi) is 5.29. The van der Waals surface area contributed by atoms with Crippen LogP contribution < -0.4 is 4.74 Å². The van der Waals surface area contributed by atoms with Crippen LogP contribution in [0.5, 0.6) is 5.88 Å². The molecule has 0 radical (unpaired) electrons. The molecule has 0 atom stereocenters. The number of ether oxygens (including phenoxy) is 1. The van der Waals surface area contributed by atoms with E-state index in [2.05, 4.69) is 5.10 Å². The second-order valence-corrected chi connectivity index (χ2v) is 10.2. The van der Waals surface area contributed by atoms with Gasteiger partial charge in [0.05, 0.1) is 23.5 Å². The van der Waals surface area contributed by atoms with E-state index in [1.807, 2.05) is 0 Å². The van der Waals surface area contributed by atoms with Crippen LogP contribution in [0.4, 0.5) is 0 Å². The van der Waals surface area contributed by atoms with E-state index in [9.17, 15) is 21.6 Å². The van der Waals surface area contributed by atoms with Gasteiger partial charge in [-0.15, -0.1) is 0 Å². The van der Waals surface area contributed by atoms with Crippen molar-refractivity contribution in [1.29, 1.82) is 0 Å². The summed E-state index contributed by atoms with van der Waals surface area (Å²) in [6.45, 7) is 1.64. The van der Waals surface area contributed by atoms with Gasteiger partial charge in [0, 0.05) is 25.1 Å². The van der Waals surface area contributed by atoms with Gasteiger partial charge in [-0.25, -0.2) is 21.5 Å². The van der Waals surface area contributed by atoms with Crippen LogP contribution >= 0.6 is 0 Å². The largest absolute Gasteiger partial charge is 0.481 e. The van der Waals surface area contributed by atoms with Crippen molar-refractivity contribution < 1.29 is 26.4 Å². The number of aryl methyl sites for hydroxylation is 2. The third-order valence-electron chi connectivity index (χ3n) is 3.76. The average Bonchev–Trinajstić information content (AvgIpc) is 2.77. The highest BCUT2D eigenvalue weighted by atomic mass is 32.2. The summed E-state index contributed by atoms with van der Waals surface area (Å²) >= 11 is 0. The Morgan fingerprint density at radius 2 is 1.81 bits per heavy atom. The van der Waals surface area contributed by atoms with Gasteiger partial charge in [0.2, 0.25) is 11.7 Å². The van der Waals surface area contributed by atoms with Gasteiger partial charge in [-0.2, -0.15) is 5.10 Å². The Morgan fingerprint density at radius 1 is 1.19 bits per heavy atom. The smallest absolute Gasteiger partial charge is 0.223 e. The van der Waals surface area contributed by atoms with Crippen molar-refractivity contribution in [2.24, 2.45) is 7.05 Å². The van der Waals surface area contributed by atoms with E-state index in [4.69, 9.17) is 4.74 Å². The van der Waals surface area contributed by atoms with E-state index >= 15 is 0 Å². The fourth-order valence-corrected chi connectivity index (χ4v) is 4.17. The van der Waals surface area contributed by atoms with Crippen molar-refractivity contribution in [3.05, 3.63) is 40.6 Å². The van der Waals surface area contributed by atoms with Crippen molar-refractivity contribution >= 4 is 25.5 Å². The molecule has 2 aromatic rings. The molecule has 0 aliphatic carbocycles. The predicted octanol–water partition coefficient (Wildman–Crippen LogP) is 0.916. The summed E-state index contributed by atoms with van der Waals surface area (Å²) in [5, 5.41) is 4.15. The zero-order valence-corrected chi connectivity index (χ0v) is 16.7. The topological polar surface area (TPSA) is 112 Å². The number of nitrogens with zero attached hydrogens (tertiary/aromatic N) is 2. The molecule has 0 aliphatic heterocycles. The van der Waals surface area contributed by atoms with Gasteiger partial charge in [0.25, 0.3) is 0 Å². The minimum atomic E-state index is -3.55. The summed E-state index contributed by atoms with van der Waals surface area (Å²) in [7, 11) is -4.03. The maximum absolute atomic E-state index is 13.1. The number of rotatable bonds is 6. The van der Waals surface area contributed by atoms with E-state index in [1.54, 1.807) is 14.0 Å². The summed E-state index contributed by atoms with van der Waals surface area (Å²) in [6, 6.07) is 3.83. The third-order valence-corrected chi connectivity index (χ3v) is 5.70. The molecule has 1 heterocycles. The molecule has 142 valence electrons. The minimum Gasteiger partial charge on any atom is -0.481 e. The van der Waals surface area contributed by atoms with Crippen LogP contribution in [-0.2, 0) is 32.5 Å². The first-order valence-electron chi connectivity index (χ1n) is 7.48. The number of hydrogen-bond donors (Lipinski definition) is 0. The van der Waals surface area contributed by atoms with Gasteiger partial charge < -0.3 is 4.74 Å². The molecule has 0 saturated heterocycles. The molecule has 2 rings (SSSR count). The molecule has 0 saturated carbocycles. The Morgan fingerprint density at radius 3 is 2.31 bits per heavy atom. The predicted molar refractivity (Wildman–Crippen MR) is 96.0 cm³/mol. The molecule has 8 nitrogen and oxygen atoms in total. The number of carbonyl (C=O) groups is 1. The lowest BCUT2D eigenvalue weighted by molar-refractivity contribution is 0.103. The number of methoxy groups -OCH3 is 1. The van der Waals surface area contributed by atoms with Crippen LogP contribution in [0.15, 0.2) is 23.1 Å². The monoisotopic (exact) mass is 400 g/mol. The molecule has 0 fully saturated rings. The van der Waals surface area contributed by atoms with E-state index < -0.39 is 31.2 Å². The lowest BCUT2D eigenvalue weighted by Gasteiger charge is -2.11. The van der Waals surface area contributed by atoms with E-state index in [0.717, 1.165) is 12.5 Å². The molecule has 26 heavy (non-hydrogen) atoms. The number of ketones is 1. The summed E-state index contributed by atoms with van der Waals surface area (Å²) in [5.74, 6) is -0.699. The Bertz CT molecular complexity index is 1080. The van der Waals surface area contributed by atoms with Gasteiger partial charge in [-0.3, -0.25) is 4.79 Å². The van der Waals surface area contributed by atoms with E-state index in [-0.39, 0.29) is 27.5 Å². The third kappa shape index (κ3) is 4.13. The Hall–Kier alpha value is -2.20. The standard InChI is InChI=1S/C16H20N2O6S2/c1-10-14(16(24-3)18(2)17-10)15(19)13-7-6-12(26(5,22)23)8-11(13)9-25(4,20)21/h6-8H,9H2,1-5H3. The average molecular weight is 400 g/mol. The number of sulfone groups is 2. The highest BCUT2D eigenvalue weighted by molar-refractivity contribution is 7.90. The van der Waals surface area contributed by atoms with Gasteiger partial charge >= 0.3 is 0 Å². The number of carbonyl (C=O) groups excluding carboxylic acids is 1. The second kappa shape index (κ2) is 6.84. The van der Waals surface area contributed by atoms with E-state index in [0.29, 0.717) is 5.69 Å². The highest BCUT2D eigenvalue weighted by Gasteiger charge is 2.26. The summed E-state index contributed by atoms with van der Waals surface area (Å²) in [4.78, 5) is 13.0. The van der Waals surface area contributed by atoms with Crippen molar-refractivity contribution in [3.8, 4) is 5.88 Å². The maximum Gasteiger partial charge on any atom is 0.223 e. The van der Waals surface area contributed by atoms with Gasteiger partial charge in [-0.05, 0) is 30.7 Å². The van der Waals surface area contributed by atoms with E-state index in [1.165, 1.54) is 30.0 Å². The minimum absolute atomic E-state index is 0.0532.